The predicted molar refractivity (Wildman–Crippen MR) is 146 cm³/mol. The van der Waals surface area contributed by atoms with Crippen molar-refractivity contribution in [1.29, 1.82) is 0 Å². The second kappa shape index (κ2) is 9.87. The minimum atomic E-state index is -0.0836. The molecule has 1 unspecified atom stereocenters. The van der Waals surface area contributed by atoms with Gasteiger partial charge in [-0.1, -0.05) is 48.5 Å². The quantitative estimate of drug-likeness (QED) is 0.382. The Morgan fingerprint density at radius 3 is 2.76 bits per heavy atom. The molecule has 2 amide bonds. The van der Waals surface area contributed by atoms with Gasteiger partial charge in [0.25, 0.3) is 0 Å². The first kappa shape index (κ1) is 22.9. The third kappa shape index (κ3) is 4.68. The molecule has 1 aliphatic rings. The topological polar surface area (TPSA) is 91.2 Å². The van der Waals surface area contributed by atoms with E-state index in [4.69, 9.17) is 4.98 Å². The first-order valence-electron chi connectivity index (χ1n) is 12.4. The molecule has 0 aliphatic carbocycles. The number of aromatic nitrogens is 4. The molecule has 0 spiro atoms. The zero-order valence-electron chi connectivity index (χ0n) is 20.6. The number of nitrogens with one attached hydrogen (secondary N) is 2. The van der Waals surface area contributed by atoms with Gasteiger partial charge < -0.3 is 15.5 Å². The van der Waals surface area contributed by atoms with Crippen molar-refractivity contribution in [2.75, 3.05) is 43.9 Å². The van der Waals surface area contributed by atoms with Crippen LogP contribution in [0.4, 0.5) is 16.4 Å². The first-order chi connectivity index (χ1) is 18.2. The summed E-state index contributed by atoms with van der Waals surface area (Å²) in [4.78, 5) is 30.9. The molecule has 0 saturated carbocycles. The van der Waals surface area contributed by atoms with Gasteiger partial charge in [-0.3, -0.25) is 9.47 Å². The van der Waals surface area contributed by atoms with E-state index in [0.29, 0.717) is 25.6 Å². The fourth-order valence-corrected chi connectivity index (χ4v) is 4.80. The van der Waals surface area contributed by atoms with Crippen LogP contribution in [0.1, 0.15) is 0 Å². The SMILES string of the molecule is CN1CCN(C(=O)Nc2cccc3ccccc23)CC1CNc1nccc(-n2cnc3ccccc32)n1. The number of hydrogen-bond acceptors (Lipinski definition) is 6. The minimum absolute atomic E-state index is 0.0836. The van der Waals surface area contributed by atoms with E-state index < -0.39 is 0 Å². The van der Waals surface area contributed by atoms with Gasteiger partial charge in [-0.05, 0) is 36.7 Å². The van der Waals surface area contributed by atoms with Crippen LogP contribution in [0.3, 0.4) is 0 Å². The van der Waals surface area contributed by atoms with E-state index in [1.165, 1.54) is 0 Å². The van der Waals surface area contributed by atoms with E-state index in [9.17, 15) is 4.79 Å². The van der Waals surface area contributed by atoms with E-state index >= 15 is 0 Å². The van der Waals surface area contributed by atoms with Gasteiger partial charge in [-0.25, -0.2) is 14.8 Å². The Bertz CT molecular complexity index is 1560. The summed E-state index contributed by atoms with van der Waals surface area (Å²) in [6, 6.07) is 23.9. The molecule has 3 aromatic carbocycles. The van der Waals surface area contributed by atoms with Crippen molar-refractivity contribution in [2.24, 2.45) is 0 Å². The average molecular weight is 493 g/mol. The Balaban J connectivity index is 1.12. The van der Waals surface area contributed by atoms with Crippen LogP contribution in [-0.4, -0.2) is 74.6 Å². The summed E-state index contributed by atoms with van der Waals surface area (Å²) in [5.41, 5.74) is 2.74. The number of hydrogen-bond donors (Lipinski definition) is 2. The van der Waals surface area contributed by atoms with E-state index in [-0.39, 0.29) is 12.1 Å². The van der Waals surface area contributed by atoms with Gasteiger partial charge in [0.1, 0.15) is 12.1 Å². The number of anilines is 2. The van der Waals surface area contributed by atoms with Crippen LogP contribution >= 0.6 is 0 Å². The molecule has 37 heavy (non-hydrogen) atoms. The van der Waals surface area contributed by atoms with Gasteiger partial charge >= 0.3 is 6.03 Å². The number of imidazole rings is 1. The molecule has 0 radical (unpaired) electrons. The number of rotatable bonds is 5. The van der Waals surface area contributed by atoms with Crippen LogP contribution in [0.25, 0.3) is 27.6 Å². The number of para-hydroxylation sites is 2. The van der Waals surface area contributed by atoms with Crippen molar-refractivity contribution in [3.05, 3.63) is 85.3 Å². The Kier molecular flexibility index (Phi) is 6.11. The van der Waals surface area contributed by atoms with Gasteiger partial charge in [-0.15, -0.1) is 0 Å². The molecule has 3 heterocycles. The van der Waals surface area contributed by atoms with Gasteiger partial charge in [0, 0.05) is 43.8 Å². The van der Waals surface area contributed by atoms with Gasteiger partial charge in [0.2, 0.25) is 5.95 Å². The molecule has 6 rings (SSSR count). The number of urea groups is 1. The van der Waals surface area contributed by atoms with Crippen LogP contribution in [0.15, 0.2) is 85.3 Å². The summed E-state index contributed by atoms with van der Waals surface area (Å²) in [5.74, 6) is 1.29. The lowest BCUT2D eigenvalue weighted by atomic mass is 10.1. The lowest BCUT2D eigenvalue weighted by Gasteiger charge is -2.39. The largest absolute Gasteiger partial charge is 0.353 e. The van der Waals surface area contributed by atoms with Crippen LogP contribution in [0.5, 0.6) is 0 Å². The molecule has 9 nitrogen and oxygen atoms in total. The normalized spacial score (nSPS) is 16.2. The summed E-state index contributed by atoms with van der Waals surface area (Å²) in [7, 11) is 2.08. The Labute approximate surface area is 214 Å². The van der Waals surface area contributed by atoms with Crippen molar-refractivity contribution in [3.8, 4) is 5.82 Å². The van der Waals surface area contributed by atoms with Crippen molar-refractivity contribution >= 4 is 39.5 Å². The molecule has 186 valence electrons. The molecule has 2 N–H and O–H groups in total. The highest BCUT2D eigenvalue weighted by Gasteiger charge is 2.27. The molecule has 1 fully saturated rings. The van der Waals surface area contributed by atoms with E-state index in [2.05, 4.69) is 44.7 Å². The highest BCUT2D eigenvalue weighted by molar-refractivity contribution is 6.01. The van der Waals surface area contributed by atoms with E-state index in [0.717, 1.165) is 39.9 Å². The van der Waals surface area contributed by atoms with Gasteiger partial charge in [-0.2, -0.15) is 4.98 Å². The number of amides is 2. The number of nitrogens with zero attached hydrogens (tertiary/aromatic N) is 6. The lowest BCUT2D eigenvalue weighted by molar-refractivity contribution is 0.122. The third-order valence-electron chi connectivity index (χ3n) is 6.93. The summed E-state index contributed by atoms with van der Waals surface area (Å²) >= 11 is 0. The summed E-state index contributed by atoms with van der Waals surface area (Å²) < 4.78 is 1.95. The van der Waals surface area contributed by atoms with E-state index in [1.807, 2.05) is 70.1 Å². The highest BCUT2D eigenvalue weighted by Crippen LogP contribution is 2.24. The fraction of sp³-hybridized carbons (Fsp3) is 0.214. The van der Waals surface area contributed by atoms with Crippen LogP contribution < -0.4 is 10.6 Å². The van der Waals surface area contributed by atoms with Crippen LogP contribution in [-0.2, 0) is 0 Å². The van der Waals surface area contributed by atoms with Crippen molar-refractivity contribution < 1.29 is 4.79 Å². The highest BCUT2D eigenvalue weighted by atomic mass is 16.2. The number of carbonyl (C=O) groups is 1. The Hall–Kier alpha value is -4.50. The monoisotopic (exact) mass is 492 g/mol. The maximum absolute atomic E-state index is 13.2. The van der Waals surface area contributed by atoms with Crippen molar-refractivity contribution in [1.82, 2.24) is 29.3 Å². The standard InChI is InChI=1S/C28H28N8O/c1-34-15-16-35(28(37)32-23-11-6-8-20-7-2-3-9-22(20)23)18-21(34)17-30-27-29-14-13-26(33-27)36-19-31-24-10-4-5-12-25(24)36/h2-14,19,21H,15-18H2,1H3,(H,32,37)(H,29,30,33). The molecule has 9 heteroatoms. The molecular weight excluding hydrogens is 464 g/mol. The summed E-state index contributed by atoms with van der Waals surface area (Å²) in [6.45, 7) is 2.68. The van der Waals surface area contributed by atoms with E-state index in [1.54, 1.807) is 12.5 Å². The van der Waals surface area contributed by atoms with Crippen molar-refractivity contribution in [2.45, 2.75) is 6.04 Å². The molecule has 0 bridgehead atoms. The number of fused-ring (bicyclic) bond motifs is 2. The third-order valence-corrected chi connectivity index (χ3v) is 6.93. The molecule has 2 aromatic heterocycles. The zero-order valence-corrected chi connectivity index (χ0v) is 20.6. The van der Waals surface area contributed by atoms with Gasteiger partial charge in [0.05, 0.1) is 16.7 Å². The average Bonchev–Trinajstić information content (AvgIpc) is 3.37. The van der Waals surface area contributed by atoms with Crippen LogP contribution in [0.2, 0.25) is 0 Å². The fourth-order valence-electron chi connectivity index (χ4n) is 4.80. The predicted octanol–water partition coefficient (Wildman–Crippen LogP) is 4.23. The maximum Gasteiger partial charge on any atom is 0.321 e. The van der Waals surface area contributed by atoms with Crippen LogP contribution in [0, 0.1) is 0 Å². The number of carbonyl (C=O) groups excluding carboxylic acids is 1. The number of benzene rings is 3. The minimum Gasteiger partial charge on any atom is -0.353 e. The zero-order chi connectivity index (χ0) is 25.2. The molecular formula is C28H28N8O. The maximum atomic E-state index is 13.2. The molecule has 5 aromatic rings. The Morgan fingerprint density at radius 1 is 0.973 bits per heavy atom. The molecule has 1 aliphatic heterocycles. The number of piperazine rings is 1. The van der Waals surface area contributed by atoms with Crippen molar-refractivity contribution in [3.63, 3.8) is 0 Å². The van der Waals surface area contributed by atoms with Gasteiger partial charge in [0.15, 0.2) is 0 Å². The molecule has 1 atom stereocenters. The smallest absolute Gasteiger partial charge is 0.321 e. The second-order valence-electron chi connectivity index (χ2n) is 9.26. The number of likely N-dealkylation sites (N-methyl/N-ethyl adjacent to an activating group) is 1. The first-order valence-corrected chi connectivity index (χ1v) is 12.4. The lowest BCUT2D eigenvalue weighted by Crippen LogP contribution is -2.56. The summed E-state index contributed by atoms with van der Waals surface area (Å²) in [5, 5.41) is 8.63. The molecule has 1 saturated heterocycles. The summed E-state index contributed by atoms with van der Waals surface area (Å²) in [6.07, 6.45) is 3.52. The second-order valence-corrected chi connectivity index (χ2v) is 9.26. The Morgan fingerprint density at radius 2 is 1.81 bits per heavy atom.